The summed E-state index contributed by atoms with van der Waals surface area (Å²) in [7, 11) is 0. The van der Waals surface area contributed by atoms with Crippen molar-refractivity contribution in [3.05, 3.63) is 34.8 Å². The van der Waals surface area contributed by atoms with E-state index in [0.717, 1.165) is 47.2 Å². The molecule has 21 heavy (non-hydrogen) atoms. The van der Waals surface area contributed by atoms with E-state index < -0.39 is 0 Å². The van der Waals surface area contributed by atoms with Gasteiger partial charge in [0, 0.05) is 24.7 Å². The molecule has 0 aromatic carbocycles. The van der Waals surface area contributed by atoms with Gasteiger partial charge in [0.05, 0.1) is 4.88 Å². The van der Waals surface area contributed by atoms with Gasteiger partial charge in [-0.3, -0.25) is 9.20 Å². The standard InChI is InChI=1S/C15H15N3OS2/c19-14(17-6-2-1-3-7-17)12-10-21-15-16-11(9-18(12)15)13-5-4-8-20-13/h4-5,8-10H,1-3,6-7H2. The Balaban J connectivity index is 1.70. The van der Waals surface area contributed by atoms with Crippen molar-refractivity contribution >= 4 is 33.5 Å². The number of carbonyl (C=O) groups excluding carboxylic acids is 1. The highest BCUT2D eigenvalue weighted by molar-refractivity contribution is 7.15. The third-order valence-electron chi connectivity index (χ3n) is 3.85. The molecule has 0 spiro atoms. The number of rotatable bonds is 2. The number of imidazole rings is 1. The molecule has 0 aliphatic carbocycles. The molecule has 4 heterocycles. The number of aromatic nitrogens is 2. The van der Waals surface area contributed by atoms with Crippen molar-refractivity contribution in [1.29, 1.82) is 0 Å². The summed E-state index contributed by atoms with van der Waals surface area (Å²) in [6.45, 7) is 1.76. The van der Waals surface area contributed by atoms with E-state index in [1.807, 2.05) is 32.3 Å². The third kappa shape index (κ3) is 2.28. The average Bonchev–Trinajstić information content (AvgIpc) is 3.23. The quantitative estimate of drug-likeness (QED) is 0.722. The highest BCUT2D eigenvalue weighted by Gasteiger charge is 2.22. The van der Waals surface area contributed by atoms with Gasteiger partial charge in [-0.1, -0.05) is 6.07 Å². The third-order valence-corrected chi connectivity index (χ3v) is 5.58. The van der Waals surface area contributed by atoms with E-state index >= 15 is 0 Å². The molecule has 1 aliphatic heterocycles. The molecular weight excluding hydrogens is 302 g/mol. The summed E-state index contributed by atoms with van der Waals surface area (Å²) in [4.78, 5) is 21.3. The van der Waals surface area contributed by atoms with Crippen LogP contribution in [-0.2, 0) is 0 Å². The number of hydrogen-bond acceptors (Lipinski definition) is 4. The predicted molar refractivity (Wildman–Crippen MR) is 86.1 cm³/mol. The summed E-state index contributed by atoms with van der Waals surface area (Å²) >= 11 is 3.20. The van der Waals surface area contributed by atoms with Crippen molar-refractivity contribution in [2.75, 3.05) is 13.1 Å². The fraction of sp³-hybridized carbons (Fsp3) is 0.333. The van der Waals surface area contributed by atoms with Crippen LogP contribution < -0.4 is 0 Å². The highest BCUT2D eigenvalue weighted by atomic mass is 32.1. The second-order valence-corrected chi connectivity index (χ2v) is 7.01. The zero-order valence-electron chi connectivity index (χ0n) is 11.5. The van der Waals surface area contributed by atoms with Gasteiger partial charge in [-0.2, -0.15) is 0 Å². The van der Waals surface area contributed by atoms with Crippen molar-refractivity contribution in [2.24, 2.45) is 0 Å². The van der Waals surface area contributed by atoms with E-state index in [9.17, 15) is 4.79 Å². The molecule has 3 aromatic heterocycles. The van der Waals surface area contributed by atoms with Crippen LogP contribution in [0, 0.1) is 0 Å². The van der Waals surface area contributed by atoms with Crippen LogP contribution in [-0.4, -0.2) is 33.3 Å². The molecule has 0 radical (unpaired) electrons. The smallest absolute Gasteiger partial charge is 0.271 e. The zero-order chi connectivity index (χ0) is 14.2. The van der Waals surface area contributed by atoms with Gasteiger partial charge in [0.1, 0.15) is 11.4 Å². The van der Waals surface area contributed by atoms with E-state index in [2.05, 4.69) is 11.1 Å². The number of hydrogen-bond donors (Lipinski definition) is 0. The first-order valence-corrected chi connectivity index (χ1v) is 8.88. The van der Waals surface area contributed by atoms with Crippen LogP contribution >= 0.6 is 22.7 Å². The molecule has 108 valence electrons. The van der Waals surface area contributed by atoms with Gasteiger partial charge in [-0.05, 0) is 30.7 Å². The number of carbonyl (C=O) groups is 1. The van der Waals surface area contributed by atoms with Gasteiger partial charge in [-0.25, -0.2) is 4.98 Å². The van der Waals surface area contributed by atoms with Crippen LogP contribution in [0.5, 0.6) is 0 Å². The topological polar surface area (TPSA) is 37.6 Å². The Hall–Kier alpha value is -1.66. The fourth-order valence-electron chi connectivity index (χ4n) is 2.74. The van der Waals surface area contributed by atoms with E-state index in [1.54, 1.807) is 11.3 Å². The van der Waals surface area contributed by atoms with Gasteiger partial charge < -0.3 is 4.90 Å². The van der Waals surface area contributed by atoms with Crippen LogP contribution in [0.1, 0.15) is 29.8 Å². The first-order valence-electron chi connectivity index (χ1n) is 7.13. The Labute approximate surface area is 130 Å². The van der Waals surface area contributed by atoms with Crippen LogP contribution in [0.25, 0.3) is 15.5 Å². The maximum absolute atomic E-state index is 12.7. The Morgan fingerprint density at radius 1 is 1.19 bits per heavy atom. The number of amides is 1. The highest BCUT2D eigenvalue weighted by Crippen LogP contribution is 2.27. The van der Waals surface area contributed by atoms with Gasteiger partial charge in [0.15, 0.2) is 4.96 Å². The lowest BCUT2D eigenvalue weighted by molar-refractivity contribution is 0.0717. The largest absolute Gasteiger partial charge is 0.337 e. The first kappa shape index (κ1) is 13.0. The summed E-state index contributed by atoms with van der Waals surface area (Å²) in [6.07, 6.45) is 5.44. The minimum Gasteiger partial charge on any atom is -0.337 e. The van der Waals surface area contributed by atoms with Crippen molar-refractivity contribution in [3.8, 4) is 10.6 Å². The first-order chi connectivity index (χ1) is 10.3. The molecule has 1 saturated heterocycles. The Bertz CT molecular complexity index is 766. The molecule has 0 N–H and O–H groups in total. The molecule has 1 aliphatic rings. The van der Waals surface area contributed by atoms with E-state index in [1.165, 1.54) is 17.8 Å². The molecule has 1 amide bonds. The molecular formula is C15H15N3OS2. The van der Waals surface area contributed by atoms with E-state index in [0.29, 0.717) is 0 Å². The minimum atomic E-state index is 0.135. The van der Waals surface area contributed by atoms with Gasteiger partial charge in [0.25, 0.3) is 5.91 Å². The van der Waals surface area contributed by atoms with Crippen LogP contribution in [0.15, 0.2) is 29.1 Å². The molecule has 3 aromatic rings. The number of fused-ring (bicyclic) bond motifs is 1. The number of nitrogens with zero attached hydrogens (tertiary/aromatic N) is 3. The maximum atomic E-state index is 12.7. The zero-order valence-corrected chi connectivity index (χ0v) is 13.1. The van der Waals surface area contributed by atoms with Crippen molar-refractivity contribution in [1.82, 2.24) is 14.3 Å². The van der Waals surface area contributed by atoms with E-state index in [4.69, 9.17) is 0 Å². The summed E-state index contributed by atoms with van der Waals surface area (Å²) < 4.78 is 1.94. The van der Waals surface area contributed by atoms with Crippen molar-refractivity contribution in [3.63, 3.8) is 0 Å². The van der Waals surface area contributed by atoms with Crippen molar-refractivity contribution < 1.29 is 4.79 Å². The SMILES string of the molecule is O=C(c1csc2nc(-c3cccs3)cn12)N1CCCCC1. The average molecular weight is 317 g/mol. The molecule has 4 nitrogen and oxygen atoms in total. The molecule has 4 rings (SSSR count). The normalized spacial score (nSPS) is 15.7. The van der Waals surface area contributed by atoms with Gasteiger partial charge in [0.2, 0.25) is 0 Å². The molecule has 0 bridgehead atoms. The second-order valence-electron chi connectivity index (χ2n) is 5.23. The van der Waals surface area contributed by atoms with Crippen LogP contribution in [0.2, 0.25) is 0 Å². The molecule has 1 fully saturated rings. The monoisotopic (exact) mass is 317 g/mol. The molecule has 0 saturated carbocycles. The molecule has 6 heteroatoms. The molecule has 0 atom stereocenters. The Morgan fingerprint density at radius 3 is 2.81 bits per heavy atom. The number of piperidine rings is 1. The number of thiophene rings is 1. The van der Waals surface area contributed by atoms with Gasteiger partial charge in [-0.15, -0.1) is 22.7 Å². The van der Waals surface area contributed by atoms with Gasteiger partial charge >= 0.3 is 0 Å². The second kappa shape index (κ2) is 5.27. The van der Waals surface area contributed by atoms with E-state index in [-0.39, 0.29) is 5.91 Å². The summed E-state index contributed by atoms with van der Waals surface area (Å²) in [5.41, 5.74) is 1.69. The summed E-state index contributed by atoms with van der Waals surface area (Å²) in [5.74, 6) is 0.135. The lowest BCUT2D eigenvalue weighted by Gasteiger charge is -2.26. The summed E-state index contributed by atoms with van der Waals surface area (Å²) in [6, 6.07) is 4.08. The minimum absolute atomic E-state index is 0.135. The fourth-order valence-corrected chi connectivity index (χ4v) is 4.27. The van der Waals surface area contributed by atoms with Crippen molar-refractivity contribution in [2.45, 2.75) is 19.3 Å². The van der Waals surface area contributed by atoms with Crippen LogP contribution in [0.3, 0.4) is 0 Å². The lowest BCUT2D eigenvalue weighted by atomic mass is 10.1. The van der Waals surface area contributed by atoms with Crippen LogP contribution in [0.4, 0.5) is 0 Å². The Kier molecular flexibility index (Phi) is 3.27. The Morgan fingerprint density at radius 2 is 2.05 bits per heavy atom. The lowest BCUT2D eigenvalue weighted by Crippen LogP contribution is -2.36. The number of thiazole rings is 1. The summed E-state index contributed by atoms with van der Waals surface area (Å²) in [5, 5.41) is 3.97. The maximum Gasteiger partial charge on any atom is 0.271 e. The molecule has 0 unspecified atom stereocenters. The predicted octanol–water partition coefficient (Wildman–Crippen LogP) is 3.75. The number of likely N-dealkylation sites (tertiary alicyclic amines) is 1.